The number of fused-ring (bicyclic) bond motifs is 2. The zero-order valence-electron chi connectivity index (χ0n) is 12.7. The third-order valence-electron chi connectivity index (χ3n) is 5.08. The number of carbonyl (C=O) groups excluding carboxylic acids is 1. The van der Waals surface area contributed by atoms with Crippen molar-refractivity contribution in [2.24, 2.45) is 0 Å². The Hall–Kier alpha value is -2.41. The lowest BCUT2D eigenvalue weighted by Crippen LogP contribution is -2.35. The van der Waals surface area contributed by atoms with Crippen LogP contribution in [0.4, 0.5) is 0 Å². The number of Topliss-reactive ketones (excluding diaryl/α,β-unsaturated/α-hetero) is 1. The van der Waals surface area contributed by atoms with Gasteiger partial charge in [0.25, 0.3) is 0 Å². The van der Waals surface area contributed by atoms with Crippen LogP contribution in [0.5, 0.6) is 0 Å². The monoisotopic (exact) mass is 286 g/mol. The van der Waals surface area contributed by atoms with E-state index in [4.69, 9.17) is 0 Å². The average Bonchev–Trinajstić information content (AvgIpc) is 2.95. The quantitative estimate of drug-likeness (QED) is 0.679. The molecule has 3 aromatic rings. The van der Waals surface area contributed by atoms with Crippen LogP contribution in [0.1, 0.15) is 23.6 Å². The van der Waals surface area contributed by atoms with E-state index in [9.17, 15) is 4.79 Å². The molecule has 22 heavy (non-hydrogen) atoms. The molecule has 0 unspecified atom stereocenters. The maximum atomic E-state index is 12.7. The fourth-order valence-electron chi connectivity index (χ4n) is 3.89. The van der Waals surface area contributed by atoms with Crippen LogP contribution in [0.2, 0.25) is 0 Å². The molecule has 0 radical (unpaired) electrons. The highest BCUT2D eigenvalue weighted by molar-refractivity contribution is 5.97. The highest BCUT2D eigenvalue weighted by atomic mass is 16.1. The maximum Gasteiger partial charge on any atom is 0.141 e. The smallest absolute Gasteiger partial charge is 0.141 e. The normalized spacial score (nSPS) is 15.7. The van der Waals surface area contributed by atoms with Crippen molar-refractivity contribution in [2.45, 2.75) is 25.2 Å². The predicted octanol–water partition coefficient (Wildman–Crippen LogP) is 4.47. The van der Waals surface area contributed by atoms with Gasteiger partial charge in [-0.05, 0) is 47.2 Å². The maximum absolute atomic E-state index is 12.7. The molecule has 0 saturated carbocycles. The van der Waals surface area contributed by atoms with Gasteiger partial charge in [0.2, 0.25) is 0 Å². The first-order chi connectivity index (χ1) is 10.7. The Bertz CT molecular complexity index is 845. The van der Waals surface area contributed by atoms with Crippen molar-refractivity contribution in [3.05, 3.63) is 83.4 Å². The number of rotatable bonds is 2. The molecule has 0 N–H and O–H groups in total. The largest absolute Gasteiger partial charge is 0.299 e. The second-order valence-corrected chi connectivity index (χ2v) is 6.29. The van der Waals surface area contributed by atoms with Crippen molar-refractivity contribution in [3.8, 4) is 0 Å². The molecule has 1 aliphatic rings. The van der Waals surface area contributed by atoms with Crippen LogP contribution in [-0.4, -0.2) is 5.78 Å². The van der Waals surface area contributed by atoms with E-state index in [1.807, 2.05) is 0 Å². The molecular weight excluding hydrogens is 268 g/mol. The number of carbonyl (C=O) groups is 1. The number of ketones is 1. The molecule has 0 bridgehead atoms. The fraction of sp³-hybridized carbons (Fsp3) is 0.190. The molecule has 0 aromatic heterocycles. The summed E-state index contributed by atoms with van der Waals surface area (Å²) in [6.07, 6.45) is 1.62. The Labute approximate surface area is 130 Å². The Morgan fingerprint density at radius 1 is 0.818 bits per heavy atom. The first kappa shape index (κ1) is 13.3. The molecule has 4 rings (SSSR count). The zero-order chi connectivity index (χ0) is 15.2. The highest BCUT2D eigenvalue weighted by Gasteiger charge is 2.43. The van der Waals surface area contributed by atoms with E-state index in [0.717, 1.165) is 12.8 Å². The number of benzene rings is 3. The second kappa shape index (κ2) is 4.81. The third kappa shape index (κ3) is 1.82. The van der Waals surface area contributed by atoms with Gasteiger partial charge in [-0.3, -0.25) is 4.79 Å². The Morgan fingerprint density at radius 2 is 1.41 bits per heavy atom. The van der Waals surface area contributed by atoms with Crippen molar-refractivity contribution in [1.82, 2.24) is 0 Å². The van der Waals surface area contributed by atoms with E-state index < -0.39 is 5.41 Å². The van der Waals surface area contributed by atoms with Crippen LogP contribution in [-0.2, 0) is 23.1 Å². The van der Waals surface area contributed by atoms with Gasteiger partial charge in [-0.25, -0.2) is 0 Å². The Kier molecular flexibility index (Phi) is 2.90. The van der Waals surface area contributed by atoms with Gasteiger partial charge in [-0.15, -0.1) is 0 Å². The van der Waals surface area contributed by atoms with Crippen molar-refractivity contribution >= 4 is 16.6 Å². The van der Waals surface area contributed by atoms with Crippen LogP contribution < -0.4 is 0 Å². The topological polar surface area (TPSA) is 17.1 Å². The van der Waals surface area contributed by atoms with Gasteiger partial charge in [0, 0.05) is 0 Å². The Balaban J connectivity index is 1.96. The van der Waals surface area contributed by atoms with Crippen LogP contribution >= 0.6 is 0 Å². The molecule has 0 heterocycles. The zero-order valence-corrected chi connectivity index (χ0v) is 12.7. The summed E-state index contributed by atoms with van der Waals surface area (Å²) in [4.78, 5) is 12.7. The molecule has 0 atom stereocenters. The minimum atomic E-state index is -0.412. The summed E-state index contributed by atoms with van der Waals surface area (Å²) < 4.78 is 0. The van der Waals surface area contributed by atoms with E-state index in [-0.39, 0.29) is 5.78 Å². The summed E-state index contributed by atoms with van der Waals surface area (Å²) in [6, 6.07) is 23.1. The van der Waals surface area contributed by atoms with Crippen molar-refractivity contribution in [1.29, 1.82) is 0 Å². The van der Waals surface area contributed by atoms with Gasteiger partial charge in [0.05, 0.1) is 5.41 Å². The number of hydrogen-bond acceptors (Lipinski definition) is 1. The van der Waals surface area contributed by atoms with Crippen LogP contribution in [0, 0.1) is 0 Å². The lowest BCUT2D eigenvalue weighted by Gasteiger charge is -2.28. The van der Waals surface area contributed by atoms with Crippen LogP contribution in [0.3, 0.4) is 0 Å². The molecule has 0 spiro atoms. The van der Waals surface area contributed by atoms with E-state index >= 15 is 0 Å². The van der Waals surface area contributed by atoms with Gasteiger partial charge in [0.1, 0.15) is 5.78 Å². The van der Waals surface area contributed by atoms with Gasteiger partial charge < -0.3 is 0 Å². The summed E-state index contributed by atoms with van der Waals surface area (Å²) in [5, 5.41) is 2.41. The van der Waals surface area contributed by atoms with E-state index in [0.29, 0.717) is 0 Å². The second-order valence-electron chi connectivity index (χ2n) is 6.29. The summed E-state index contributed by atoms with van der Waals surface area (Å²) in [5.74, 6) is 0.264. The van der Waals surface area contributed by atoms with Crippen molar-refractivity contribution in [2.75, 3.05) is 0 Å². The standard InChI is InChI=1S/C21H18O/c1-15(22)21(13-17-8-2-3-9-18(17)14-21)20-12-6-10-16-7-4-5-11-19(16)20/h2-12H,13-14H2,1H3. The van der Waals surface area contributed by atoms with Crippen molar-refractivity contribution < 1.29 is 4.79 Å². The predicted molar refractivity (Wildman–Crippen MR) is 90.2 cm³/mol. The number of hydrogen-bond donors (Lipinski definition) is 0. The van der Waals surface area contributed by atoms with Gasteiger partial charge in [-0.1, -0.05) is 66.7 Å². The summed E-state index contributed by atoms with van der Waals surface area (Å²) in [7, 11) is 0. The van der Waals surface area contributed by atoms with Gasteiger partial charge in [-0.2, -0.15) is 0 Å². The highest BCUT2D eigenvalue weighted by Crippen LogP contribution is 2.43. The summed E-state index contributed by atoms with van der Waals surface area (Å²) in [6.45, 7) is 1.74. The minimum absolute atomic E-state index is 0.264. The van der Waals surface area contributed by atoms with Gasteiger partial charge >= 0.3 is 0 Å². The lowest BCUT2D eigenvalue weighted by molar-refractivity contribution is -0.122. The van der Waals surface area contributed by atoms with E-state index in [1.165, 1.54) is 27.5 Å². The molecule has 1 heteroatoms. The fourth-order valence-corrected chi connectivity index (χ4v) is 3.89. The molecule has 3 aromatic carbocycles. The molecule has 0 aliphatic heterocycles. The third-order valence-corrected chi connectivity index (χ3v) is 5.08. The lowest BCUT2D eigenvalue weighted by atomic mass is 9.73. The van der Waals surface area contributed by atoms with Crippen LogP contribution in [0.25, 0.3) is 10.8 Å². The molecule has 1 nitrogen and oxygen atoms in total. The van der Waals surface area contributed by atoms with E-state index in [1.54, 1.807) is 6.92 Å². The molecule has 108 valence electrons. The molecule has 0 saturated heterocycles. The van der Waals surface area contributed by atoms with E-state index in [2.05, 4.69) is 66.7 Å². The first-order valence-corrected chi connectivity index (χ1v) is 7.77. The minimum Gasteiger partial charge on any atom is -0.299 e. The summed E-state index contributed by atoms with van der Waals surface area (Å²) >= 11 is 0. The first-order valence-electron chi connectivity index (χ1n) is 7.77. The molecule has 1 aliphatic carbocycles. The molecule has 0 amide bonds. The van der Waals surface area contributed by atoms with Gasteiger partial charge in [0.15, 0.2) is 0 Å². The average molecular weight is 286 g/mol. The summed E-state index contributed by atoms with van der Waals surface area (Å²) in [5.41, 5.74) is 3.38. The SMILES string of the molecule is CC(=O)C1(c2cccc3ccccc23)Cc2ccccc2C1. The van der Waals surface area contributed by atoms with Crippen LogP contribution in [0.15, 0.2) is 66.7 Å². The Morgan fingerprint density at radius 3 is 2.09 bits per heavy atom. The molecule has 0 fully saturated rings. The molecular formula is C21H18O. The van der Waals surface area contributed by atoms with Crippen molar-refractivity contribution in [3.63, 3.8) is 0 Å².